The second-order valence-electron chi connectivity index (χ2n) is 5.34. The second-order valence-corrected chi connectivity index (χ2v) is 6.29. The van der Waals surface area contributed by atoms with Gasteiger partial charge in [0, 0.05) is 19.5 Å². The molecular formula is C15H16N4O5S. The molecule has 25 heavy (non-hydrogen) atoms. The lowest BCUT2D eigenvalue weighted by Crippen LogP contribution is -2.41. The number of imide groups is 1. The largest absolute Gasteiger partial charge is 0.453 e. The standard InChI is InChI=1S/C15H16N4O5S/c1-9(14(21)19-7-6-16-15(19)22)23-12(20)5-4-11-17-13(18-24-11)10-3-2-8-25-10/h2-3,8-9H,4-7H2,1H3,(H,16,22). The summed E-state index contributed by atoms with van der Waals surface area (Å²) in [6.45, 7) is 2.11. The van der Waals surface area contributed by atoms with Crippen molar-refractivity contribution in [2.75, 3.05) is 13.1 Å². The van der Waals surface area contributed by atoms with Crippen molar-refractivity contribution in [1.82, 2.24) is 20.4 Å². The number of thiophene rings is 1. The summed E-state index contributed by atoms with van der Waals surface area (Å²) in [7, 11) is 0. The van der Waals surface area contributed by atoms with E-state index in [0.29, 0.717) is 18.3 Å². The molecule has 2 aromatic heterocycles. The highest BCUT2D eigenvalue weighted by molar-refractivity contribution is 7.13. The van der Waals surface area contributed by atoms with Crippen LogP contribution in [0.4, 0.5) is 4.79 Å². The zero-order valence-corrected chi connectivity index (χ0v) is 14.2. The molecule has 1 unspecified atom stereocenters. The fourth-order valence-corrected chi connectivity index (χ4v) is 2.93. The number of amides is 3. The molecule has 3 heterocycles. The Bertz CT molecular complexity index is 773. The van der Waals surface area contributed by atoms with Gasteiger partial charge < -0.3 is 14.6 Å². The van der Waals surface area contributed by atoms with Crippen LogP contribution in [0.25, 0.3) is 10.7 Å². The van der Waals surface area contributed by atoms with Crippen molar-refractivity contribution in [2.45, 2.75) is 25.9 Å². The number of rotatable bonds is 6. The van der Waals surface area contributed by atoms with Gasteiger partial charge in [0.05, 0.1) is 11.3 Å². The van der Waals surface area contributed by atoms with Crippen molar-refractivity contribution < 1.29 is 23.6 Å². The van der Waals surface area contributed by atoms with E-state index in [1.54, 1.807) is 0 Å². The Kier molecular flexibility index (Phi) is 5.08. The fourth-order valence-electron chi connectivity index (χ4n) is 2.28. The van der Waals surface area contributed by atoms with E-state index in [2.05, 4.69) is 15.5 Å². The molecule has 132 valence electrons. The third kappa shape index (κ3) is 4.02. The molecule has 0 saturated carbocycles. The average molecular weight is 364 g/mol. The topological polar surface area (TPSA) is 115 Å². The van der Waals surface area contributed by atoms with Crippen LogP contribution in [0.3, 0.4) is 0 Å². The van der Waals surface area contributed by atoms with Gasteiger partial charge in [-0.05, 0) is 18.4 Å². The Hall–Kier alpha value is -2.75. The van der Waals surface area contributed by atoms with Crippen LogP contribution >= 0.6 is 11.3 Å². The number of urea groups is 1. The molecule has 1 fully saturated rings. The maximum absolute atomic E-state index is 12.0. The van der Waals surface area contributed by atoms with E-state index >= 15 is 0 Å². The van der Waals surface area contributed by atoms with Crippen molar-refractivity contribution in [3.05, 3.63) is 23.4 Å². The lowest BCUT2D eigenvalue weighted by molar-refractivity contribution is -0.157. The maximum atomic E-state index is 12.0. The van der Waals surface area contributed by atoms with Gasteiger partial charge in [-0.1, -0.05) is 11.2 Å². The van der Waals surface area contributed by atoms with Crippen LogP contribution in [0.15, 0.2) is 22.0 Å². The van der Waals surface area contributed by atoms with Crippen LogP contribution in [0.2, 0.25) is 0 Å². The van der Waals surface area contributed by atoms with Gasteiger partial charge in [0.25, 0.3) is 5.91 Å². The van der Waals surface area contributed by atoms with Gasteiger partial charge in [0.2, 0.25) is 11.7 Å². The Labute approximate surface area is 147 Å². The molecule has 1 atom stereocenters. The molecule has 0 radical (unpaired) electrons. The minimum atomic E-state index is -1.03. The van der Waals surface area contributed by atoms with E-state index < -0.39 is 24.0 Å². The molecule has 0 aliphatic carbocycles. The van der Waals surface area contributed by atoms with Gasteiger partial charge in [-0.15, -0.1) is 11.3 Å². The first kappa shape index (κ1) is 17.1. The molecule has 1 saturated heterocycles. The minimum Gasteiger partial charge on any atom is -0.453 e. The lowest BCUT2D eigenvalue weighted by Gasteiger charge is -2.17. The molecule has 10 heteroatoms. The molecule has 2 aromatic rings. The predicted molar refractivity (Wildman–Crippen MR) is 86.6 cm³/mol. The monoisotopic (exact) mass is 364 g/mol. The normalized spacial score (nSPS) is 15.1. The third-order valence-electron chi connectivity index (χ3n) is 3.53. The summed E-state index contributed by atoms with van der Waals surface area (Å²) in [4.78, 5) is 41.5. The van der Waals surface area contributed by atoms with Crippen molar-refractivity contribution in [1.29, 1.82) is 0 Å². The Morgan fingerprint density at radius 3 is 3.04 bits per heavy atom. The molecule has 0 aromatic carbocycles. The Morgan fingerprint density at radius 2 is 2.36 bits per heavy atom. The molecule has 1 aliphatic rings. The molecule has 3 amide bonds. The predicted octanol–water partition coefficient (Wildman–Crippen LogP) is 1.21. The number of aryl methyl sites for hydroxylation is 1. The first-order valence-electron chi connectivity index (χ1n) is 7.70. The number of carbonyl (C=O) groups excluding carboxylic acids is 3. The minimum absolute atomic E-state index is 0.00408. The Balaban J connectivity index is 1.48. The molecule has 0 bridgehead atoms. The van der Waals surface area contributed by atoms with E-state index in [4.69, 9.17) is 9.26 Å². The number of nitrogens with one attached hydrogen (secondary N) is 1. The van der Waals surface area contributed by atoms with Crippen LogP contribution in [0.1, 0.15) is 19.2 Å². The van der Waals surface area contributed by atoms with E-state index in [-0.39, 0.29) is 19.4 Å². The SMILES string of the molecule is CC(OC(=O)CCc1nc(-c2cccs2)no1)C(=O)N1CCNC1=O. The van der Waals surface area contributed by atoms with Crippen LogP contribution in [0.5, 0.6) is 0 Å². The van der Waals surface area contributed by atoms with Gasteiger partial charge >= 0.3 is 12.0 Å². The maximum Gasteiger partial charge on any atom is 0.324 e. The summed E-state index contributed by atoms with van der Waals surface area (Å²) < 4.78 is 10.2. The highest BCUT2D eigenvalue weighted by atomic mass is 32.1. The van der Waals surface area contributed by atoms with E-state index in [0.717, 1.165) is 9.78 Å². The third-order valence-corrected chi connectivity index (χ3v) is 4.40. The van der Waals surface area contributed by atoms with E-state index in [1.807, 2.05) is 17.5 Å². The molecular weight excluding hydrogens is 348 g/mol. The molecule has 1 N–H and O–H groups in total. The number of ether oxygens (including phenoxy) is 1. The molecule has 9 nitrogen and oxygen atoms in total. The van der Waals surface area contributed by atoms with Gasteiger partial charge in [-0.25, -0.2) is 4.79 Å². The van der Waals surface area contributed by atoms with Crippen molar-refractivity contribution in [3.8, 4) is 10.7 Å². The van der Waals surface area contributed by atoms with Gasteiger partial charge in [0.15, 0.2) is 6.10 Å². The van der Waals surface area contributed by atoms with Crippen molar-refractivity contribution >= 4 is 29.2 Å². The summed E-state index contributed by atoms with van der Waals surface area (Å²) in [5.41, 5.74) is 0. The highest BCUT2D eigenvalue weighted by Gasteiger charge is 2.31. The zero-order valence-electron chi connectivity index (χ0n) is 13.4. The van der Waals surface area contributed by atoms with E-state index in [1.165, 1.54) is 18.3 Å². The highest BCUT2D eigenvalue weighted by Crippen LogP contribution is 2.21. The van der Waals surface area contributed by atoms with Gasteiger partial charge in [0.1, 0.15) is 0 Å². The number of aromatic nitrogens is 2. The van der Waals surface area contributed by atoms with Crippen LogP contribution in [-0.4, -0.2) is 52.1 Å². The summed E-state index contributed by atoms with van der Waals surface area (Å²) in [6.07, 6.45) is -0.821. The number of carbonyl (C=O) groups is 3. The zero-order chi connectivity index (χ0) is 17.8. The van der Waals surface area contributed by atoms with Gasteiger partial charge in [-0.2, -0.15) is 4.98 Å². The van der Waals surface area contributed by atoms with Crippen LogP contribution in [0, 0.1) is 0 Å². The summed E-state index contributed by atoms with van der Waals surface area (Å²) in [6, 6.07) is 3.28. The van der Waals surface area contributed by atoms with Crippen LogP contribution < -0.4 is 5.32 Å². The quantitative estimate of drug-likeness (QED) is 0.766. The van der Waals surface area contributed by atoms with Crippen molar-refractivity contribution in [2.24, 2.45) is 0 Å². The molecule has 0 spiro atoms. The first-order valence-corrected chi connectivity index (χ1v) is 8.57. The fraction of sp³-hybridized carbons (Fsp3) is 0.400. The second kappa shape index (κ2) is 7.43. The number of esters is 1. The lowest BCUT2D eigenvalue weighted by atomic mass is 10.3. The summed E-state index contributed by atoms with van der Waals surface area (Å²) in [5, 5.41) is 8.28. The van der Waals surface area contributed by atoms with Crippen LogP contribution in [-0.2, 0) is 20.7 Å². The molecule has 3 rings (SSSR count). The smallest absolute Gasteiger partial charge is 0.324 e. The number of hydrogen-bond acceptors (Lipinski definition) is 8. The first-order chi connectivity index (χ1) is 12.0. The average Bonchev–Trinajstić information content (AvgIpc) is 3.33. The summed E-state index contributed by atoms with van der Waals surface area (Å²) in [5.74, 6) is -0.322. The molecule has 1 aliphatic heterocycles. The summed E-state index contributed by atoms with van der Waals surface area (Å²) >= 11 is 1.49. The number of hydrogen-bond donors (Lipinski definition) is 1. The Morgan fingerprint density at radius 1 is 1.52 bits per heavy atom. The van der Waals surface area contributed by atoms with Crippen molar-refractivity contribution in [3.63, 3.8) is 0 Å². The van der Waals surface area contributed by atoms with Gasteiger partial charge in [-0.3, -0.25) is 14.5 Å². The van der Waals surface area contributed by atoms with E-state index in [9.17, 15) is 14.4 Å². The number of nitrogens with zero attached hydrogens (tertiary/aromatic N) is 3.